The van der Waals surface area contributed by atoms with Crippen molar-refractivity contribution in [2.75, 3.05) is 6.61 Å². The SMILES string of the molecule is CCOC(=O)/C(C#N)=C(\N)c1c(C)c2ccccc2oc1=N. The molecule has 112 valence electrons. The monoisotopic (exact) mass is 297 g/mol. The number of aryl methyl sites for hydroxylation is 1. The van der Waals surface area contributed by atoms with Crippen LogP contribution >= 0.6 is 0 Å². The highest BCUT2D eigenvalue weighted by atomic mass is 16.5. The second kappa shape index (κ2) is 6.14. The number of carbonyl (C=O) groups is 1. The van der Waals surface area contributed by atoms with E-state index in [-0.39, 0.29) is 29.0 Å². The zero-order valence-electron chi connectivity index (χ0n) is 12.3. The molecule has 1 aromatic carbocycles. The van der Waals surface area contributed by atoms with Gasteiger partial charge < -0.3 is 14.9 Å². The predicted molar refractivity (Wildman–Crippen MR) is 80.2 cm³/mol. The number of rotatable bonds is 3. The number of fused-ring (bicyclic) bond motifs is 1. The number of nitrogens with one attached hydrogen (secondary N) is 1. The second-order valence-electron chi connectivity index (χ2n) is 4.55. The van der Waals surface area contributed by atoms with Crippen molar-refractivity contribution in [3.63, 3.8) is 0 Å². The minimum atomic E-state index is -0.811. The molecule has 22 heavy (non-hydrogen) atoms. The Balaban J connectivity index is 2.76. The third kappa shape index (κ3) is 2.56. The predicted octanol–water partition coefficient (Wildman–Crippen LogP) is 1.98. The van der Waals surface area contributed by atoms with Crippen molar-refractivity contribution in [3.8, 4) is 6.07 Å². The largest absolute Gasteiger partial charge is 0.462 e. The third-order valence-electron chi connectivity index (χ3n) is 3.24. The maximum Gasteiger partial charge on any atom is 0.351 e. The van der Waals surface area contributed by atoms with E-state index >= 15 is 0 Å². The highest BCUT2D eigenvalue weighted by molar-refractivity contribution is 6.02. The summed E-state index contributed by atoms with van der Waals surface area (Å²) >= 11 is 0. The molecule has 3 N–H and O–H groups in total. The average Bonchev–Trinajstić information content (AvgIpc) is 2.48. The van der Waals surface area contributed by atoms with Crippen LogP contribution in [0.1, 0.15) is 18.1 Å². The lowest BCUT2D eigenvalue weighted by Gasteiger charge is -2.10. The molecular weight excluding hydrogens is 282 g/mol. The molecule has 0 saturated carbocycles. The van der Waals surface area contributed by atoms with E-state index in [0.717, 1.165) is 5.39 Å². The summed E-state index contributed by atoms with van der Waals surface area (Å²) in [5.41, 5.74) is 6.74. The summed E-state index contributed by atoms with van der Waals surface area (Å²) in [4.78, 5) is 11.8. The molecule has 0 atom stereocenters. The van der Waals surface area contributed by atoms with Crippen molar-refractivity contribution < 1.29 is 13.9 Å². The van der Waals surface area contributed by atoms with Crippen LogP contribution in [-0.2, 0) is 9.53 Å². The highest BCUT2D eigenvalue weighted by Crippen LogP contribution is 2.23. The van der Waals surface area contributed by atoms with Crippen LogP contribution in [0.3, 0.4) is 0 Å². The first-order valence-electron chi connectivity index (χ1n) is 6.65. The summed E-state index contributed by atoms with van der Waals surface area (Å²) in [5.74, 6) is -0.811. The zero-order valence-corrected chi connectivity index (χ0v) is 12.3. The Labute approximate surface area is 126 Å². The van der Waals surface area contributed by atoms with Gasteiger partial charge in [-0.05, 0) is 25.5 Å². The highest BCUT2D eigenvalue weighted by Gasteiger charge is 2.20. The van der Waals surface area contributed by atoms with Gasteiger partial charge in [-0.2, -0.15) is 5.26 Å². The van der Waals surface area contributed by atoms with E-state index in [0.29, 0.717) is 11.1 Å². The molecule has 0 fully saturated rings. The van der Waals surface area contributed by atoms with E-state index in [1.54, 1.807) is 32.0 Å². The van der Waals surface area contributed by atoms with Gasteiger partial charge in [-0.15, -0.1) is 0 Å². The first-order valence-corrected chi connectivity index (χ1v) is 6.65. The lowest BCUT2D eigenvalue weighted by Crippen LogP contribution is -2.19. The lowest BCUT2D eigenvalue weighted by atomic mass is 10.0. The number of ether oxygens (including phenoxy) is 1. The number of para-hydroxylation sites is 1. The van der Waals surface area contributed by atoms with Crippen molar-refractivity contribution >= 4 is 22.6 Å². The van der Waals surface area contributed by atoms with Gasteiger partial charge in [0.2, 0.25) is 5.55 Å². The second-order valence-corrected chi connectivity index (χ2v) is 4.55. The molecule has 0 radical (unpaired) electrons. The fourth-order valence-corrected chi connectivity index (χ4v) is 2.20. The molecule has 0 aliphatic carbocycles. The van der Waals surface area contributed by atoms with E-state index in [1.165, 1.54) is 0 Å². The van der Waals surface area contributed by atoms with Gasteiger partial charge >= 0.3 is 5.97 Å². The third-order valence-corrected chi connectivity index (χ3v) is 3.24. The molecule has 6 heteroatoms. The van der Waals surface area contributed by atoms with Crippen molar-refractivity contribution in [1.29, 1.82) is 10.7 Å². The quantitative estimate of drug-likeness (QED) is 0.511. The van der Waals surface area contributed by atoms with Crippen LogP contribution in [0.2, 0.25) is 0 Å². The topological polar surface area (TPSA) is 113 Å². The summed E-state index contributed by atoms with van der Waals surface area (Å²) in [6, 6.07) is 8.92. The number of hydrogen-bond donors (Lipinski definition) is 2. The van der Waals surface area contributed by atoms with Gasteiger partial charge in [0, 0.05) is 5.39 Å². The van der Waals surface area contributed by atoms with E-state index in [9.17, 15) is 4.79 Å². The van der Waals surface area contributed by atoms with Gasteiger partial charge in [-0.1, -0.05) is 18.2 Å². The van der Waals surface area contributed by atoms with E-state index in [1.807, 2.05) is 12.1 Å². The van der Waals surface area contributed by atoms with Gasteiger partial charge in [-0.3, -0.25) is 5.41 Å². The van der Waals surface area contributed by atoms with Crippen LogP contribution < -0.4 is 11.3 Å². The van der Waals surface area contributed by atoms with Crippen LogP contribution in [0.4, 0.5) is 0 Å². The van der Waals surface area contributed by atoms with E-state index in [2.05, 4.69) is 0 Å². The Morgan fingerprint density at radius 2 is 2.14 bits per heavy atom. The Hall–Kier alpha value is -3.07. The molecule has 2 rings (SSSR count). The Kier molecular flexibility index (Phi) is 4.28. The van der Waals surface area contributed by atoms with Gasteiger partial charge in [0.1, 0.15) is 11.7 Å². The van der Waals surface area contributed by atoms with Crippen molar-refractivity contribution in [2.45, 2.75) is 13.8 Å². The van der Waals surface area contributed by atoms with E-state index in [4.69, 9.17) is 25.6 Å². The molecule has 0 spiro atoms. The van der Waals surface area contributed by atoms with Crippen LogP contribution in [0, 0.1) is 23.7 Å². The molecule has 2 aromatic rings. The van der Waals surface area contributed by atoms with Crippen molar-refractivity contribution in [3.05, 3.63) is 46.5 Å². The first-order chi connectivity index (χ1) is 10.5. The minimum Gasteiger partial charge on any atom is -0.462 e. The van der Waals surface area contributed by atoms with Crippen LogP contribution in [0.5, 0.6) is 0 Å². The number of nitriles is 1. The van der Waals surface area contributed by atoms with Crippen LogP contribution in [-0.4, -0.2) is 12.6 Å². The molecule has 1 heterocycles. The fraction of sp³-hybridized carbons (Fsp3) is 0.188. The normalized spacial score (nSPS) is 11.7. The fourth-order valence-electron chi connectivity index (χ4n) is 2.20. The Morgan fingerprint density at radius 1 is 1.45 bits per heavy atom. The lowest BCUT2D eigenvalue weighted by molar-refractivity contribution is -0.137. The number of hydrogen-bond acceptors (Lipinski definition) is 6. The van der Waals surface area contributed by atoms with Crippen molar-refractivity contribution in [1.82, 2.24) is 0 Å². The standard InChI is InChI=1S/C16H15N3O3/c1-3-21-16(20)11(8-17)14(18)13-9(2)10-6-4-5-7-12(10)22-15(13)19/h4-7,19H,3,18H2,1-2H3/b14-11-,19-15?. The molecule has 0 aliphatic heterocycles. The smallest absolute Gasteiger partial charge is 0.351 e. The summed E-state index contributed by atoms with van der Waals surface area (Å²) < 4.78 is 10.2. The van der Waals surface area contributed by atoms with Crippen LogP contribution in [0.25, 0.3) is 16.7 Å². The number of esters is 1. The summed E-state index contributed by atoms with van der Waals surface area (Å²) in [6.07, 6.45) is 0. The summed E-state index contributed by atoms with van der Waals surface area (Å²) in [6.45, 7) is 3.53. The molecule has 0 unspecified atom stereocenters. The Bertz CT molecular complexity index is 872. The molecule has 0 bridgehead atoms. The number of benzene rings is 1. The zero-order chi connectivity index (χ0) is 16.3. The van der Waals surface area contributed by atoms with Gasteiger partial charge in [0.05, 0.1) is 17.9 Å². The Morgan fingerprint density at radius 3 is 2.77 bits per heavy atom. The molecule has 0 saturated heterocycles. The first kappa shape index (κ1) is 15.3. The van der Waals surface area contributed by atoms with Gasteiger partial charge in [0.15, 0.2) is 5.57 Å². The summed E-state index contributed by atoms with van der Waals surface area (Å²) in [5, 5.41) is 17.9. The van der Waals surface area contributed by atoms with Crippen molar-refractivity contribution in [2.24, 2.45) is 5.73 Å². The maximum atomic E-state index is 11.8. The molecule has 6 nitrogen and oxygen atoms in total. The minimum absolute atomic E-state index is 0.113. The molecule has 1 aromatic heterocycles. The average molecular weight is 297 g/mol. The number of nitrogens with two attached hydrogens (primary N) is 1. The number of carbonyl (C=O) groups excluding carboxylic acids is 1. The molecule has 0 amide bonds. The van der Waals surface area contributed by atoms with Gasteiger partial charge in [-0.25, -0.2) is 4.79 Å². The summed E-state index contributed by atoms with van der Waals surface area (Å²) in [7, 11) is 0. The number of nitrogens with zero attached hydrogens (tertiary/aromatic N) is 1. The molecule has 0 aliphatic rings. The maximum absolute atomic E-state index is 11.8. The van der Waals surface area contributed by atoms with E-state index < -0.39 is 5.97 Å². The van der Waals surface area contributed by atoms with Gasteiger partial charge in [0.25, 0.3) is 0 Å². The molecular formula is C16H15N3O3. The van der Waals surface area contributed by atoms with Crippen LogP contribution in [0.15, 0.2) is 34.3 Å².